The van der Waals surface area contributed by atoms with Gasteiger partial charge in [-0.1, -0.05) is 68.2 Å². The molecule has 1 fully saturated rings. The number of halogens is 2. The predicted octanol–water partition coefficient (Wildman–Crippen LogP) is 6.14. The number of benzene rings is 2. The van der Waals surface area contributed by atoms with Crippen LogP contribution in [0.25, 0.3) is 0 Å². The van der Waals surface area contributed by atoms with E-state index in [0.29, 0.717) is 22.9 Å². The largest absolute Gasteiger partial charge is 0.465 e. The van der Waals surface area contributed by atoms with Crippen molar-refractivity contribution >= 4 is 35.1 Å². The number of esters is 1. The Morgan fingerprint density at radius 3 is 2.36 bits per heavy atom. The Morgan fingerprint density at radius 2 is 1.78 bits per heavy atom. The standard InChI is InChI=1S/C28H35Cl2NO5/c1-5-23(13-18(4)32)31-26(19-9-11-21(29)12-10-19)27(20-7-6-8-22(30)14-20)36-24(28(31)34)15-25(33)35-16-17(2)3/h6-12,14,17-18,23-24,26-27,32H,5,13,15-16H2,1-4H3/t18?,23?,24-,26?,27-/m1/s1. The molecule has 3 rings (SSSR count). The molecule has 0 radical (unpaired) electrons. The molecule has 0 saturated carbocycles. The molecule has 5 atom stereocenters. The Hall–Kier alpha value is -2.12. The average molecular weight is 536 g/mol. The van der Waals surface area contributed by atoms with Crippen molar-refractivity contribution in [1.29, 1.82) is 0 Å². The number of hydrogen-bond donors (Lipinski definition) is 1. The molecule has 0 bridgehead atoms. The van der Waals surface area contributed by atoms with Gasteiger partial charge in [-0.15, -0.1) is 0 Å². The highest BCUT2D eigenvalue weighted by molar-refractivity contribution is 6.30. The zero-order chi connectivity index (χ0) is 26.4. The molecular weight excluding hydrogens is 501 g/mol. The summed E-state index contributed by atoms with van der Waals surface area (Å²) in [5.74, 6) is -0.611. The number of carbonyl (C=O) groups is 2. The number of aliphatic hydroxyl groups is 1. The van der Waals surface area contributed by atoms with Crippen molar-refractivity contribution in [3.05, 3.63) is 69.7 Å². The SMILES string of the molecule is CCC(CC(C)O)N1C(=O)[C@@H](CC(=O)OCC(C)C)O[C@H](c2cccc(Cl)c2)C1c1ccc(Cl)cc1. The van der Waals surface area contributed by atoms with Crippen LogP contribution in [0.2, 0.25) is 10.0 Å². The summed E-state index contributed by atoms with van der Waals surface area (Å²) in [7, 11) is 0. The third-order valence-electron chi connectivity index (χ3n) is 6.22. The second-order valence-electron chi connectivity index (χ2n) is 9.77. The van der Waals surface area contributed by atoms with Gasteiger partial charge >= 0.3 is 5.97 Å². The molecule has 6 nitrogen and oxygen atoms in total. The summed E-state index contributed by atoms with van der Waals surface area (Å²) in [5, 5.41) is 11.4. The van der Waals surface area contributed by atoms with E-state index in [1.807, 2.05) is 51.1 Å². The first-order chi connectivity index (χ1) is 17.1. The lowest BCUT2D eigenvalue weighted by Crippen LogP contribution is -2.55. The van der Waals surface area contributed by atoms with Crippen molar-refractivity contribution in [3.63, 3.8) is 0 Å². The summed E-state index contributed by atoms with van der Waals surface area (Å²) in [6, 6.07) is 13.8. The number of ether oxygens (including phenoxy) is 2. The highest BCUT2D eigenvalue weighted by Crippen LogP contribution is 2.45. The van der Waals surface area contributed by atoms with Crippen LogP contribution in [0.3, 0.4) is 0 Å². The summed E-state index contributed by atoms with van der Waals surface area (Å²) in [6.07, 6.45) is -1.44. The Balaban J connectivity index is 2.09. The van der Waals surface area contributed by atoms with Crippen molar-refractivity contribution in [2.45, 2.75) is 77.4 Å². The van der Waals surface area contributed by atoms with E-state index in [0.717, 1.165) is 11.1 Å². The third-order valence-corrected chi connectivity index (χ3v) is 6.71. The fourth-order valence-corrected chi connectivity index (χ4v) is 4.91. The molecule has 8 heteroatoms. The van der Waals surface area contributed by atoms with Crippen molar-refractivity contribution in [2.24, 2.45) is 5.92 Å². The smallest absolute Gasteiger partial charge is 0.308 e. The summed E-state index contributed by atoms with van der Waals surface area (Å²) < 4.78 is 11.8. The summed E-state index contributed by atoms with van der Waals surface area (Å²) >= 11 is 12.5. The van der Waals surface area contributed by atoms with Gasteiger partial charge in [0.05, 0.1) is 25.2 Å². The van der Waals surface area contributed by atoms with Crippen LogP contribution in [0.5, 0.6) is 0 Å². The van der Waals surface area contributed by atoms with Crippen LogP contribution in [-0.2, 0) is 19.1 Å². The van der Waals surface area contributed by atoms with Gasteiger partial charge in [0.15, 0.2) is 0 Å². The molecule has 0 spiro atoms. The molecule has 2 aromatic rings. The van der Waals surface area contributed by atoms with Gasteiger partial charge in [-0.05, 0) is 61.1 Å². The zero-order valence-corrected chi connectivity index (χ0v) is 22.7. The van der Waals surface area contributed by atoms with Gasteiger partial charge in [-0.25, -0.2) is 0 Å². The van der Waals surface area contributed by atoms with Gasteiger partial charge in [-0.2, -0.15) is 0 Å². The van der Waals surface area contributed by atoms with Gasteiger partial charge in [0.2, 0.25) is 0 Å². The second-order valence-corrected chi connectivity index (χ2v) is 10.6. The number of amides is 1. The average Bonchev–Trinajstić information content (AvgIpc) is 2.83. The molecule has 1 amide bonds. The van der Waals surface area contributed by atoms with Crippen LogP contribution in [-0.4, -0.2) is 46.7 Å². The molecular formula is C28H35Cl2NO5. The first-order valence-electron chi connectivity index (χ1n) is 12.4. The van der Waals surface area contributed by atoms with E-state index < -0.39 is 30.3 Å². The van der Waals surface area contributed by atoms with E-state index in [2.05, 4.69) is 0 Å². The minimum absolute atomic E-state index is 0.178. The lowest BCUT2D eigenvalue weighted by molar-refractivity contribution is -0.185. The third kappa shape index (κ3) is 7.22. The molecule has 0 aliphatic carbocycles. The number of morpholine rings is 1. The molecule has 1 heterocycles. The predicted molar refractivity (Wildman–Crippen MR) is 141 cm³/mol. The maximum Gasteiger partial charge on any atom is 0.308 e. The lowest BCUT2D eigenvalue weighted by atomic mass is 9.88. The lowest BCUT2D eigenvalue weighted by Gasteiger charge is -2.48. The summed E-state index contributed by atoms with van der Waals surface area (Å²) in [6.45, 7) is 7.86. The van der Waals surface area contributed by atoms with E-state index in [-0.39, 0.29) is 30.9 Å². The van der Waals surface area contributed by atoms with E-state index in [1.165, 1.54) is 0 Å². The molecule has 2 aromatic carbocycles. The summed E-state index contributed by atoms with van der Waals surface area (Å²) in [4.78, 5) is 28.3. The second kappa shape index (κ2) is 12.9. The van der Waals surface area contributed by atoms with Crippen molar-refractivity contribution < 1.29 is 24.2 Å². The quantitative estimate of drug-likeness (QED) is 0.369. The van der Waals surface area contributed by atoms with Gasteiger partial charge in [-0.3, -0.25) is 9.59 Å². The van der Waals surface area contributed by atoms with Crippen LogP contribution < -0.4 is 0 Å². The molecule has 1 aliphatic rings. The molecule has 0 aromatic heterocycles. The van der Waals surface area contributed by atoms with Crippen LogP contribution in [0.1, 0.15) is 70.2 Å². The normalized spacial score (nSPS) is 21.9. The molecule has 3 unspecified atom stereocenters. The van der Waals surface area contributed by atoms with Gasteiger partial charge in [0.25, 0.3) is 5.91 Å². The fraction of sp³-hybridized carbons (Fsp3) is 0.500. The first-order valence-corrected chi connectivity index (χ1v) is 13.2. The van der Waals surface area contributed by atoms with E-state index in [9.17, 15) is 14.7 Å². The molecule has 36 heavy (non-hydrogen) atoms. The van der Waals surface area contributed by atoms with Crippen LogP contribution in [0.4, 0.5) is 0 Å². The number of aliphatic hydroxyl groups excluding tert-OH is 1. The van der Waals surface area contributed by atoms with Crippen LogP contribution in [0, 0.1) is 5.92 Å². The Bertz CT molecular complexity index is 1030. The minimum Gasteiger partial charge on any atom is -0.465 e. The van der Waals surface area contributed by atoms with Crippen LogP contribution in [0.15, 0.2) is 48.5 Å². The number of rotatable bonds is 10. The maximum atomic E-state index is 13.9. The highest BCUT2D eigenvalue weighted by Gasteiger charge is 2.47. The Morgan fingerprint density at radius 1 is 1.08 bits per heavy atom. The molecule has 1 aliphatic heterocycles. The van der Waals surface area contributed by atoms with Gasteiger partial charge in [0.1, 0.15) is 12.2 Å². The number of nitrogens with zero attached hydrogens (tertiary/aromatic N) is 1. The van der Waals surface area contributed by atoms with E-state index in [1.54, 1.807) is 30.0 Å². The van der Waals surface area contributed by atoms with E-state index in [4.69, 9.17) is 32.7 Å². The van der Waals surface area contributed by atoms with Crippen molar-refractivity contribution in [2.75, 3.05) is 6.61 Å². The monoisotopic (exact) mass is 535 g/mol. The first kappa shape index (κ1) is 28.5. The summed E-state index contributed by atoms with van der Waals surface area (Å²) in [5.41, 5.74) is 1.62. The minimum atomic E-state index is -1.03. The van der Waals surface area contributed by atoms with Gasteiger partial charge < -0.3 is 19.5 Å². The maximum absolute atomic E-state index is 13.9. The highest BCUT2D eigenvalue weighted by atomic mass is 35.5. The Kier molecular flexibility index (Phi) is 10.2. The zero-order valence-electron chi connectivity index (χ0n) is 21.2. The molecule has 196 valence electrons. The van der Waals surface area contributed by atoms with E-state index >= 15 is 0 Å². The fourth-order valence-electron chi connectivity index (χ4n) is 4.58. The van der Waals surface area contributed by atoms with Crippen molar-refractivity contribution in [3.8, 4) is 0 Å². The number of carbonyl (C=O) groups excluding carboxylic acids is 2. The molecule has 1 N–H and O–H groups in total. The number of hydrogen-bond acceptors (Lipinski definition) is 5. The van der Waals surface area contributed by atoms with Gasteiger partial charge in [0, 0.05) is 16.1 Å². The van der Waals surface area contributed by atoms with Crippen LogP contribution >= 0.6 is 23.2 Å². The Labute approximate surface area is 223 Å². The topological polar surface area (TPSA) is 76.1 Å². The molecule has 1 saturated heterocycles. The van der Waals surface area contributed by atoms with Crippen molar-refractivity contribution in [1.82, 2.24) is 4.90 Å².